The van der Waals surface area contributed by atoms with Gasteiger partial charge in [0.25, 0.3) is 5.91 Å². The summed E-state index contributed by atoms with van der Waals surface area (Å²) in [6.07, 6.45) is 2.91. The first kappa shape index (κ1) is 17.5. The van der Waals surface area contributed by atoms with E-state index >= 15 is 0 Å². The number of carboxylic acids is 1. The highest BCUT2D eigenvalue weighted by molar-refractivity contribution is 6.08. The smallest absolute Gasteiger partial charge is 0.352 e. The van der Waals surface area contributed by atoms with E-state index in [1.54, 1.807) is 10.8 Å². The van der Waals surface area contributed by atoms with Crippen LogP contribution >= 0.6 is 0 Å². The Kier molecular flexibility index (Phi) is 4.36. The SMILES string of the molecule is O=C(O)C1=C[C@H](c2ccccc2)n2ncc(C(=O)Nc3ccc(F)cc3)c2N1. The molecule has 1 aliphatic rings. The lowest BCUT2D eigenvalue weighted by molar-refractivity contribution is -0.132. The van der Waals surface area contributed by atoms with Crippen LogP contribution in [0.4, 0.5) is 15.9 Å². The molecule has 2 heterocycles. The number of allylic oxidation sites excluding steroid dienone is 1. The number of carbonyl (C=O) groups excluding carboxylic acids is 1. The van der Waals surface area contributed by atoms with Gasteiger partial charge >= 0.3 is 5.97 Å². The molecule has 1 aliphatic heterocycles. The normalized spacial score (nSPS) is 15.2. The van der Waals surface area contributed by atoms with Crippen LogP contribution in [0.5, 0.6) is 0 Å². The summed E-state index contributed by atoms with van der Waals surface area (Å²) < 4.78 is 14.6. The molecule has 0 unspecified atom stereocenters. The first-order chi connectivity index (χ1) is 13.5. The molecule has 140 valence electrons. The maximum Gasteiger partial charge on any atom is 0.352 e. The molecule has 3 N–H and O–H groups in total. The minimum absolute atomic E-state index is 0.0438. The monoisotopic (exact) mass is 378 g/mol. The predicted molar refractivity (Wildman–Crippen MR) is 101 cm³/mol. The Balaban J connectivity index is 1.70. The number of halogens is 1. The van der Waals surface area contributed by atoms with Crippen molar-refractivity contribution in [1.29, 1.82) is 0 Å². The molecule has 28 heavy (non-hydrogen) atoms. The third-order valence-corrected chi connectivity index (χ3v) is 4.35. The van der Waals surface area contributed by atoms with Crippen LogP contribution in [-0.4, -0.2) is 26.8 Å². The van der Waals surface area contributed by atoms with Crippen LogP contribution in [-0.2, 0) is 4.79 Å². The van der Waals surface area contributed by atoms with E-state index < -0.39 is 23.7 Å². The van der Waals surface area contributed by atoms with Crippen molar-refractivity contribution in [3.63, 3.8) is 0 Å². The third-order valence-electron chi connectivity index (χ3n) is 4.35. The Morgan fingerprint density at radius 1 is 1.11 bits per heavy atom. The van der Waals surface area contributed by atoms with Gasteiger partial charge in [0, 0.05) is 5.69 Å². The molecule has 0 bridgehead atoms. The zero-order valence-electron chi connectivity index (χ0n) is 14.5. The summed E-state index contributed by atoms with van der Waals surface area (Å²) in [5.74, 6) is -1.77. The highest BCUT2D eigenvalue weighted by Gasteiger charge is 2.29. The van der Waals surface area contributed by atoms with Crippen molar-refractivity contribution in [2.75, 3.05) is 10.6 Å². The second kappa shape index (κ2) is 6.99. The molecule has 2 aromatic carbocycles. The summed E-state index contributed by atoms with van der Waals surface area (Å²) in [7, 11) is 0. The van der Waals surface area contributed by atoms with Gasteiger partial charge in [-0.2, -0.15) is 5.10 Å². The van der Waals surface area contributed by atoms with Crippen LogP contribution < -0.4 is 10.6 Å². The Hall–Kier alpha value is -3.94. The van der Waals surface area contributed by atoms with E-state index in [4.69, 9.17) is 0 Å². The lowest BCUT2D eigenvalue weighted by atomic mass is 10.0. The second-order valence-corrected chi connectivity index (χ2v) is 6.18. The summed E-state index contributed by atoms with van der Waals surface area (Å²) in [5.41, 5.74) is 1.38. The summed E-state index contributed by atoms with van der Waals surface area (Å²) in [5, 5.41) is 19.2. The van der Waals surface area contributed by atoms with Gasteiger partial charge in [0.15, 0.2) is 0 Å². The van der Waals surface area contributed by atoms with Crippen molar-refractivity contribution in [3.8, 4) is 0 Å². The number of aliphatic carboxylic acids is 1. The molecule has 7 nitrogen and oxygen atoms in total. The molecule has 8 heteroatoms. The Morgan fingerprint density at radius 3 is 2.50 bits per heavy atom. The Morgan fingerprint density at radius 2 is 1.82 bits per heavy atom. The fourth-order valence-corrected chi connectivity index (χ4v) is 3.01. The van der Waals surface area contributed by atoms with Crippen LogP contribution in [0.3, 0.4) is 0 Å². The van der Waals surface area contributed by atoms with Crippen molar-refractivity contribution in [3.05, 3.63) is 89.5 Å². The zero-order valence-corrected chi connectivity index (χ0v) is 14.5. The largest absolute Gasteiger partial charge is 0.477 e. The number of carbonyl (C=O) groups is 2. The number of rotatable bonds is 4. The number of aromatic nitrogens is 2. The van der Waals surface area contributed by atoms with Crippen LogP contribution in [0.2, 0.25) is 0 Å². The fraction of sp³-hybridized carbons (Fsp3) is 0.0500. The molecule has 0 spiro atoms. The Bertz CT molecular complexity index is 1070. The van der Waals surface area contributed by atoms with Crippen LogP contribution in [0.1, 0.15) is 22.0 Å². The first-order valence-electron chi connectivity index (χ1n) is 8.44. The van der Waals surface area contributed by atoms with E-state index in [0.29, 0.717) is 5.69 Å². The highest BCUT2D eigenvalue weighted by Crippen LogP contribution is 2.32. The maximum atomic E-state index is 13.0. The molecule has 0 aliphatic carbocycles. The maximum absolute atomic E-state index is 13.0. The number of hydrogen-bond donors (Lipinski definition) is 3. The number of nitrogens with zero attached hydrogens (tertiary/aromatic N) is 2. The first-order valence-corrected chi connectivity index (χ1v) is 8.44. The van der Waals surface area contributed by atoms with Gasteiger partial charge in [0.1, 0.15) is 22.9 Å². The van der Waals surface area contributed by atoms with Crippen molar-refractivity contribution < 1.29 is 19.1 Å². The van der Waals surface area contributed by atoms with Crippen molar-refractivity contribution in [1.82, 2.24) is 9.78 Å². The van der Waals surface area contributed by atoms with Gasteiger partial charge in [-0.1, -0.05) is 30.3 Å². The quantitative estimate of drug-likeness (QED) is 0.648. The molecule has 0 saturated heterocycles. The summed E-state index contributed by atoms with van der Waals surface area (Å²) >= 11 is 0. The lowest BCUT2D eigenvalue weighted by Crippen LogP contribution is -2.25. The molecular weight excluding hydrogens is 363 g/mol. The standard InChI is InChI=1S/C20H15FN4O3/c21-13-6-8-14(9-7-13)23-19(26)15-11-22-25-17(12-4-2-1-3-5-12)10-16(20(27)28)24-18(15)25/h1-11,17,24H,(H,23,26)(H,27,28)/t17-/m1/s1. The zero-order chi connectivity index (χ0) is 19.7. The summed E-state index contributed by atoms with van der Waals surface area (Å²) in [6.45, 7) is 0. The van der Waals surface area contributed by atoms with Gasteiger partial charge < -0.3 is 15.7 Å². The van der Waals surface area contributed by atoms with E-state index in [1.807, 2.05) is 30.3 Å². The van der Waals surface area contributed by atoms with Gasteiger partial charge in [-0.05, 0) is 35.9 Å². The van der Waals surface area contributed by atoms with Crippen LogP contribution in [0, 0.1) is 5.82 Å². The molecule has 3 aromatic rings. The van der Waals surface area contributed by atoms with Gasteiger partial charge in [0.2, 0.25) is 0 Å². The van der Waals surface area contributed by atoms with E-state index in [9.17, 15) is 19.1 Å². The number of hydrogen-bond acceptors (Lipinski definition) is 4. The number of benzene rings is 2. The highest BCUT2D eigenvalue weighted by atomic mass is 19.1. The summed E-state index contributed by atoms with van der Waals surface area (Å²) in [6, 6.07) is 14.1. The average molecular weight is 378 g/mol. The minimum atomic E-state index is -1.14. The van der Waals surface area contributed by atoms with E-state index in [-0.39, 0.29) is 17.1 Å². The minimum Gasteiger partial charge on any atom is -0.477 e. The van der Waals surface area contributed by atoms with Gasteiger partial charge in [0.05, 0.1) is 12.2 Å². The molecule has 1 atom stereocenters. The number of amides is 1. The Labute approximate surface area is 159 Å². The van der Waals surface area contributed by atoms with E-state index in [1.165, 1.54) is 30.5 Å². The average Bonchev–Trinajstić information content (AvgIpc) is 3.14. The second-order valence-electron chi connectivity index (χ2n) is 6.18. The van der Waals surface area contributed by atoms with Crippen LogP contribution in [0.15, 0.2) is 72.6 Å². The van der Waals surface area contributed by atoms with Gasteiger partial charge in [-0.3, -0.25) is 4.79 Å². The lowest BCUT2D eigenvalue weighted by Gasteiger charge is -2.24. The van der Waals surface area contributed by atoms with Crippen molar-refractivity contribution >= 4 is 23.4 Å². The van der Waals surface area contributed by atoms with Crippen molar-refractivity contribution in [2.45, 2.75) is 6.04 Å². The van der Waals surface area contributed by atoms with Crippen molar-refractivity contribution in [2.24, 2.45) is 0 Å². The molecule has 0 fully saturated rings. The molecule has 1 amide bonds. The fourth-order valence-electron chi connectivity index (χ4n) is 3.01. The molecule has 0 radical (unpaired) electrons. The van der Waals surface area contributed by atoms with E-state index in [2.05, 4.69) is 15.7 Å². The number of carboxylic acid groups (broad SMARTS) is 1. The molecule has 1 aromatic heterocycles. The van der Waals surface area contributed by atoms with Gasteiger partial charge in [-0.15, -0.1) is 0 Å². The van der Waals surface area contributed by atoms with Gasteiger partial charge in [-0.25, -0.2) is 13.9 Å². The number of anilines is 2. The van der Waals surface area contributed by atoms with E-state index in [0.717, 1.165) is 5.56 Å². The molecular formula is C20H15FN4O3. The topological polar surface area (TPSA) is 96.2 Å². The third kappa shape index (κ3) is 3.23. The molecule has 0 saturated carbocycles. The molecule has 4 rings (SSSR count). The predicted octanol–water partition coefficient (Wildman–Crippen LogP) is 3.26. The number of nitrogens with one attached hydrogen (secondary N) is 2. The van der Waals surface area contributed by atoms with Crippen LogP contribution in [0.25, 0.3) is 0 Å². The number of fused-ring (bicyclic) bond motifs is 1. The summed E-state index contributed by atoms with van der Waals surface area (Å²) in [4.78, 5) is 24.3.